The number of nitrogens with one attached hydrogen (secondary N) is 1. The van der Waals surface area contributed by atoms with E-state index in [1.54, 1.807) is 48.8 Å². The van der Waals surface area contributed by atoms with Gasteiger partial charge in [0.15, 0.2) is 12.4 Å². The van der Waals surface area contributed by atoms with Crippen LogP contribution in [0.1, 0.15) is 22.7 Å². The maximum atomic E-state index is 13.5. The summed E-state index contributed by atoms with van der Waals surface area (Å²) < 4.78 is 10.8. The van der Waals surface area contributed by atoms with Crippen molar-refractivity contribution >= 4 is 29.1 Å². The summed E-state index contributed by atoms with van der Waals surface area (Å²) in [7, 11) is 3.00. The molecule has 2 aromatic carbocycles. The van der Waals surface area contributed by atoms with Crippen LogP contribution in [0.4, 0.5) is 0 Å². The van der Waals surface area contributed by atoms with E-state index in [1.807, 2.05) is 6.07 Å². The van der Waals surface area contributed by atoms with Gasteiger partial charge in [0, 0.05) is 33.9 Å². The number of halogens is 1. The topological polar surface area (TPSA) is 93.0 Å². The van der Waals surface area contributed by atoms with Crippen molar-refractivity contribution in [1.29, 1.82) is 0 Å². The van der Waals surface area contributed by atoms with Crippen molar-refractivity contribution in [2.24, 2.45) is 0 Å². The highest BCUT2D eigenvalue weighted by Crippen LogP contribution is 2.43. The van der Waals surface area contributed by atoms with Gasteiger partial charge in [0.25, 0.3) is 5.91 Å². The number of rotatable bonds is 6. The lowest BCUT2D eigenvalue weighted by atomic mass is 9.94. The van der Waals surface area contributed by atoms with E-state index in [0.29, 0.717) is 22.1 Å². The Labute approximate surface area is 195 Å². The van der Waals surface area contributed by atoms with Crippen LogP contribution in [0.2, 0.25) is 5.02 Å². The minimum absolute atomic E-state index is 0.124. The SMILES string of the molecule is COc1ccc(C2C(=C([O-])c3ccc(Cl)cc3)C(=O)C(=O)N2Cc2ccc[nH+]c2)c(OC)c1. The maximum Gasteiger partial charge on any atom is 0.295 e. The molecule has 1 aromatic heterocycles. The van der Waals surface area contributed by atoms with Crippen LogP contribution in [0, 0.1) is 0 Å². The second-order valence-corrected chi connectivity index (χ2v) is 7.87. The summed E-state index contributed by atoms with van der Waals surface area (Å²) in [6.45, 7) is 0.124. The molecule has 0 radical (unpaired) electrons. The van der Waals surface area contributed by atoms with E-state index >= 15 is 0 Å². The third-order valence-electron chi connectivity index (χ3n) is 5.50. The Morgan fingerprint density at radius 1 is 1.09 bits per heavy atom. The quantitative estimate of drug-likeness (QED) is 0.317. The minimum Gasteiger partial charge on any atom is -0.872 e. The summed E-state index contributed by atoms with van der Waals surface area (Å²) in [5, 5.41) is 13.9. The first-order valence-corrected chi connectivity index (χ1v) is 10.5. The van der Waals surface area contributed by atoms with E-state index in [2.05, 4.69) is 4.98 Å². The zero-order valence-electron chi connectivity index (χ0n) is 18.0. The Kier molecular flexibility index (Phi) is 6.33. The highest BCUT2D eigenvalue weighted by molar-refractivity contribution is 6.46. The van der Waals surface area contributed by atoms with Gasteiger partial charge in [0.05, 0.1) is 26.8 Å². The first-order valence-electron chi connectivity index (χ1n) is 10.1. The highest BCUT2D eigenvalue weighted by Gasteiger charge is 2.45. The molecule has 1 amide bonds. The van der Waals surface area contributed by atoms with Crippen molar-refractivity contribution in [3.63, 3.8) is 0 Å². The molecule has 8 heteroatoms. The van der Waals surface area contributed by atoms with Crippen molar-refractivity contribution in [2.45, 2.75) is 12.6 Å². The number of Topliss-reactive ketones (excluding diaryl/α,β-unsaturated/α-hetero) is 1. The normalized spacial score (nSPS) is 17.3. The number of aromatic nitrogens is 1. The number of likely N-dealkylation sites (tertiary alicyclic amines) is 1. The van der Waals surface area contributed by atoms with Gasteiger partial charge in [-0.15, -0.1) is 0 Å². The number of ketones is 1. The van der Waals surface area contributed by atoms with Gasteiger partial charge in [-0.2, -0.15) is 0 Å². The van der Waals surface area contributed by atoms with E-state index in [-0.39, 0.29) is 17.7 Å². The van der Waals surface area contributed by atoms with Crippen LogP contribution in [0.15, 0.2) is 72.6 Å². The number of ether oxygens (including phenoxy) is 2. The molecule has 1 aliphatic heterocycles. The number of hydrogen-bond donors (Lipinski definition) is 0. The Morgan fingerprint density at radius 3 is 2.48 bits per heavy atom. The van der Waals surface area contributed by atoms with Crippen LogP contribution in [-0.4, -0.2) is 30.8 Å². The van der Waals surface area contributed by atoms with Crippen LogP contribution in [0.3, 0.4) is 0 Å². The summed E-state index contributed by atoms with van der Waals surface area (Å²) in [6.07, 6.45) is 3.48. The molecule has 1 aliphatic rings. The fourth-order valence-corrected chi connectivity index (χ4v) is 4.01. The average molecular weight is 465 g/mol. The lowest BCUT2D eigenvalue weighted by molar-refractivity contribution is -0.378. The summed E-state index contributed by atoms with van der Waals surface area (Å²) in [4.78, 5) is 30.6. The molecule has 33 heavy (non-hydrogen) atoms. The van der Waals surface area contributed by atoms with Gasteiger partial charge < -0.3 is 19.5 Å². The van der Waals surface area contributed by atoms with E-state index in [1.165, 1.54) is 31.3 Å². The molecule has 0 spiro atoms. The average Bonchev–Trinajstić information content (AvgIpc) is 3.09. The van der Waals surface area contributed by atoms with E-state index in [4.69, 9.17) is 21.1 Å². The van der Waals surface area contributed by atoms with Crippen LogP contribution >= 0.6 is 11.6 Å². The number of aromatic amines is 1. The molecule has 1 atom stereocenters. The number of carbonyl (C=O) groups excluding carboxylic acids is 2. The Hall–Kier alpha value is -3.84. The smallest absolute Gasteiger partial charge is 0.295 e. The molecule has 4 rings (SSSR count). The van der Waals surface area contributed by atoms with Gasteiger partial charge in [-0.3, -0.25) is 9.59 Å². The molecule has 2 heterocycles. The second kappa shape index (κ2) is 9.34. The summed E-state index contributed by atoms with van der Waals surface area (Å²) in [5.74, 6) is -1.18. The second-order valence-electron chi connectivity index (χ2n) is 7.43. The lowest BCUT2D eigenvalue weighted by Gasteiger charge is -2.28. The monoisotopic (exact) mass is 464 g/mol. The highest BCUT2D eigenvalue weighted by atomic mass is 35.5. The minimum atomic E-state index is -0.936. The number of benzene rings is 2. The van der Waals surface area contributed by atoms with Gasteiger partial charge in [-0.1, -0.05) is 29.5 Å². The zero-order chi connectivity index (χ0) is 23.5. The van der Waals surface area contributed by atoms with Crippen molar-refractivity contribution < 1.29 is 29.2 Å². The molecule has 1 unspecified atom stereocenters. The van der Waals surface area contributed by atoms with Crippen LogP contribution < -0.4 is 19.6 Å². The lowest BCUT2D eigenvalue weighted by Crippen LogP contribution is -2.29. The maximum absolute atomic E-state index is 13.5. The fourth-order valence-electron chi connectivity index (χ4n) is 3.88. The number of H-pyrrole nitrogens is 1. The number of hydrogen-bond acceptors (Lipinski definition) is 5. The Bertz CT molecular complexity index is 1230. The number of pyridine rings is 1. The van der Waals surface area contributed by atoms with Gasteiger partial charge in [-0.05, 0) is 35.9 Å². The molecule has 3 aromatic rings. The summed E-state index contributed by atoms with van der Waals surface area (Å²) in [6, 6.07) is 13.9. The van der Waals surface area contributed by atoms with Crippen LogP contribution in [0.5, 0.6) is 11.5 Å². The van der Waals surface area contributed by atoms with E-state index in [9.17, 15) is 14.7 Å². The third-order valence-corrected chi connectivity index (χ3v) is 5.75. The van der Waals surface area contributed by atoms with Gasteiger partial charge in [-0.25, -0.2) is 4.98 Å². The Balaban J connectivity index is 1.91. The molecular formula is C25H21ClN2O5. The molecule has 1 saturated heterocycles. The zero-order valence-corrected chi connectivity index (χ0v) is 18.8. The molecule has 7 nitrogen and oxygen atoms in total. The van der Waals surface area contributed by atoms with Crippen molar-refractivity contribution in [3.05, 3.63) is 94.3 Å². The largest absolute Gasteiger partial charge is 0.872 e. The summed E-state index contributed by atoms with van der Waals surface area (Å²) in [5.41, 5.74) is 1.42. The van der Waals surface area contributed by atoms with Crippen molar-refractivity contribution in [2.75, 3.05) is 14.2 Å². The van der Waals surface area contributed by atoms with Crippen LogP contribution in [0.25, 0.3) is 5.76 Å². The predicted molar refractivity (Wildman–Crippen MR) is 119 cm³/mol. The molecule has 0 saturated carbocycles. The Morgan fingerprint density at radius 2 is 1.85 bits per heavy atom. The van der Waals surface area contributed by atoms with E-state index in [0.717, 1.165) is 5.56 Å². The molecular weight excluding hydrogens is 444 g/mol. The van der Waals surface area contributed by atoms with Crippen LogP contribution in [-0.2, 0) is 16.1 Å². The first kappa shape index (κ1) is 22.4. The third kappa shape index (κ3) is 4.27. The van der Waals surface area contributed by atoms with Gasteiger partial charge in [0.2, 0.25) is 5.78 Å². The summed E-state index contributed by atoms with van der Waals surface area (Å²) >= 11 is 5.96. The van der Waals surface area contributed by atoms with Gasteiger partial charge >= 0.3 is 0 Å². The first-order chi connectivity index (χ1) is 15.9. The number of nitrogens with zero attached hydrogens (tertiary/aromatic N) is 1. The fraction of sp³-hybridized carbons (Fsp3) is 0.160. The number of amides is 1. The molecule has 0 aliphatic carbocycles. The van der Waals surface area contributed by atoms with Crippen molar-refractivity contribution in [1.82, 2.24) is 4.90 Å². The van der Waals surface area contributed by atoms with Crippen molar-refractivity contribution in [3.8, 4) is 11.5 Å². The number of methoxy groups -OCH3 is 2. The predicted octanol–water partition coefficient (Wildman–Crippen LogP) is 2.60. The standard InChI is InChI=1S/C25H21ClN2O5/c1-32-18-9-10-19(20(12-18)33-2)22-21(23(29)16-5-7-17(26)8-6-16)24(30)25(31)28(22)14-15-4-3-11-27-13-15/h3-13,22,29H,14H2,1-2H3. The molecule has 1 fully saturated rings. The number of carbonyl (C=O) groups is 2. The molecule has 0 bridgehead atoms. The molecule has 168 valence electrons. The molecule has 1 N–H and O–H groups in total. The van der Waals surface area contributed by atoms with Gasteiger partial charge in [0.1, 0.15) is 11.5 Å². The van der Waals surface area contributed by atoms with E-state index < -0.39 is 23.5 Å².